The minimum Gasteiger partial charge on any atom is -0.491 e. The van der Waals surface area contributed by atoms with Crippen molar-refractivity contribution < 1.29 is 19.0 Å². The molecule has 6 heteroatoms. The Balaban J connectivity index is 1.94. The fourth-order valence-electron chi connectivity index (χ4n) is 2.92. The molecule has 1 aliphatic heterocycles. The van der Waals surface area contributed by atoms with Crippen molar-refractivity contribution in [3.05, 3.63) is 24.3 Å². The molecule has 0 bridgehead atoms. The van der Waals surface area contributed by atoms with E-state index in [1.165, 1.54) is 6.42 Å². The van der Waals surface area contributed by atoms with Crippen LogP contribution in [0.5, 0.6) is 5.75 Å². The fourth-order valence-corrected chi connectivity index (χ4v) is 2.92. The largest absolute Gasteiger partial charge is 0.491 e. The zero-order valence-electron chi connectivity index (χ0n) is 16.0. The van der Waals surface area contributed by atoms with Crippen LogP contribution < -0.4 is 10.1 Å². The highest BCUT2D eigenvalue weighted by Crippen LogP contribution is 2.24. The van der Waals surface area contributed by atoms with Crippen molar-refractivity contribution in [1.29, 1.82) is 0 Å². The van der Waals surface area contributed by atoms with Crippen molar-refractivity contribution in [2.75, 3.05) is 38.2 Å². The number of ether oxygens (including phenoxy) is 3. The number of rotatable bonds is 10. The summed E-state index contributed by atoms with van der Waals surface area (Å²) in [7, 11) is 0. The molecule has 26 heavy (non-hydrogen) atoms. The molecule has 1 N–H and O–H groups in total. The Labute approximate surface area is 156 Å². The summed E-state index contributed by atoms with van der Waals surface area (Å²) in [5, 5.41) is 2.82. The fraction of sp³-hybridized carbons (Fsp3) is 0.650. The van der Waals surface area contributed by atoms with Gasteiger partial charge in [-0.1, -0.05) is 31.9 Å². The normalized spacial score (nSPS) is 16.1. The summed E-state index contributed by atoms with van der Waals surface area (Å²) in [5.41, 5.74) is 0.627. The van der Waals surface area contributed by atoms with Gasteiger partial charge < -0.3 is 14.2 Å². The van der Waals surface area contributed by atoms with E-state index in [1.807, 2.05) is 31.2 Å². The molecule has 2 rings (SSSR count). The number of unbranched alkanes of at least 4 members (excludes halogenated alkanes) is 1. The van der Waals surface area contributed by atoms with E-state index in [1.54, 1.807) is 0 Å². The summed E-state index contributed by atoms with van der Waals surface area (Å²) in [6, 6.07) is 7.43. The Morgan fingerprint density at radius 3 is 2.69 bits per heavy atom. The predicted octanol–water partition coefficient (Wildman–Crippen LogP) is 4.26. The average Bonchev–Trinajstić information content (AvgIpc) is 2.67. The number of carbonyl (C=O) groups is 1. The molecule has 146 valence electrons. The predicted molar refractivity (Wildman–Crippen MR) is 103 cm³/mol. The third-order valence-corrected chi connectivity index (χ3v) is 4.38. The molecule has 0 aliphatic carbocycles. The van der Waals surface area contributed by atoms with Gasteiger partial charge in [-0.2, -0.15) is 0 Å². The summed E-state index contributed by atoms with van der Waals surface area (Å²) < 4.78 is 16.9. The first-order valence-corrected chi connectivity index (χ1v) is 9.75. The van der Waals surface area contributed by atoms with E-state index in [-0.39, 0.29) is 6.23 Å². The number of piperidine rings is 1. The summed E-state index contributed by atoms with van der Waals surface area (Å²) >= 11 is 0. The summed E-state index contributed by atoms with van der Waals surface area (Å²) in [4.78, 5) is 14.6. The minimum atomic E-state index is -0.480. The van der Waals surface area contributed by atoms with E-state index in [0.29, 0.717) is 31.3 Å². The highest BCUT2D eigenvalue weighted by atomic mass is 16.6. The Bertz CT molecular complexity index is 532. The molecule has 1 heterocycles. The second-order valence-corrected chi connectivity index (χ2v) is 6.44. The lowest BCUT2D eigenvalue weighted by Crippen LogP contribution is -2.45. The van der Waals surface area contributed by atoms with E-state index < -0.39 is 6.09 Å². The monoisotopic (exact) mass is 364 g/mol. The number of nitrogens with one attached hydrogen (secondary N) is 1. The van der Waals surface area contributed by atoms with Crippen LogP contribution in [-0.4, -0.2) is 50.1 Å². The second-order valence-electron chi connectivity index (χ2n) is 6.44. The SMILES string of the molecule is CCCCOc1ccccc1NC(=O)OC(COCC)N1CCCCC1. The molecule has 1 amide bonds. The number of benzene rings is 1. The molecule has 1 aliphatic rings. The number of nitrogens with zero attached hydrogens (tertiary/aromatic N) is 1. The molecule has 1 unspecified atom stereocenters. The molecule has 0 saturated carbocycles. The van der Waals surface area contributed by atoms with Crippen molar-refractivity contribution in [3.8, 4) is 5.75 Å². The molecule has 1 atom stereocenters. The maximum Gasteiger partial charge on any atom is 0.413 e. The molecule has 0 spiro atoms. The van der Waals surface area contributed by atoms with Crippen LogP contribution in [0.1, 0.15) is 46.0 Å². The number of carbonyl (C=O) groups excluding carboxylic acids is 1. The smallest absolute Gasteiger partial charge is 0.413 e. The van der Waals surface area contributed by atoms with Crippen LogP contribution >= 0.6 is 0 Å². The van der Waals surface area contributed by atoms with Crippen LogP contribution in [0.25, 0.3) is 0 Å². The van der Waals surface area contributed by atoms with Crippen molar-refractivity contribution in [2.24, 2.45) is 0 Å². The number of amides is 1. The number of para-hydroxylation sites is 2. The maximum atomic E-state index is 12.4. The Hall–Kier alpha value is -1.79. The van der Waals surface area contributed by atoms with Gasteiger partial charge >= 0.3 is 6.09 Å². The summed E-state index contributed by atoms with van der Waals surface area (Å²) in [6.07, 6.45) is 4.68. The third kappa shape index (κ3) is 6.84. The first-order valence-electron chi connectivity index (χ1n) is 9.75. The molecular formula is C20H32N2O4. The van der Waals surface area contributed by atoms with Gasteiger partial charge in [-0.3, -0.25) is 10.2 Å². The number of likely N-dealkylation sites (tertiary alicyclic amines) is 1. The number of hydrogen-bond donors (Lipinski definition) is 1. The number of hydrogen-bond acceptors (Lipinski definition) is 5. The van der Waals surface area contributed by atoms with Gasteiger partial charge in [0.1, 0.15) is 5.75 Å². The molecule has 0 aromatic heterocycles. The topological polar surface area (TPSA) is 60.0 Å². The average molecular weight is 364 g/mol. The molecule has 1 fully saturated rings. The van der Waals surface area contributed by atoms with Crippen LogP contribution in [-0.2, 0) is 9.47 Å². The molecule has 1 aromatic rings. The lowest BCUT2D eigenvalue weighted by atomic mass is 10.1. The Morgan fingerprint density at radius 1 is 1.19 bits per heavy atom. The van der Waals surface area contributed by atoms with Gasteiger partial charge in [0, 0.05) is 19.7 Å². The molecule has 1 saturated heterocycles. The lowest BCUT2D eigenvalue weighted by Gasteiger charge is -2.33. The standard InChI is InChI=1S/C20H32N2O4/c1-3-5-15-25-18-12-8-7-11-17(18)21-20(23)26-19(16-24-4-2)22-13-9-6-10-14-22/h7-8,11-12,19H,3-6,9-10,13-16H2,1-2H3,(H,21,23). The first kappa shape index (κ1) is 20.5. The third-order valence-electron chi connectivity index (χ3n) is 4.38. The minimum absolute atomic E-state index is 0.358. The number of anilines is 1. The Morgan fingerprint density at radius 2 is 1.96 bits per heavy atom. The van der Waals surface area contributed by atoms with Crippen molar-refractivity contribution in [1.82, 2.24) is 4.90 Å². The van der Waals surface area contributed by atoms with Crippen LogP contribution in [0.4, 0.5) is 10.5 Å². The maximum absolute atomic E-state index is 12.4. The quantitative estimate of drug-likeness (QED) is 0.629. The first-order chi connectivity index (χ1) is 12.7. The van der Waals surface area contributed by atoms with Crippen LogP contribution in [0, 0.1) is 0 Å². The van der Waals surface area contributed by atoms with Gasteiger partial charge in [0.15, 0.2) is 6.23 Å². The second kappa shape index (κ2) is 11.8. The van der Waals surface area contributed by atoms with Crippen LogP contribution in [0.3, 0.4) is 0 Å². The van der Waals surface area contributed by atoms with Gasteiger partial charge in [-0.25, -0.2) is 4.79 Å². The van der Waals surface area contributed by atoms with Gasteiger partial charge in [-0.05, 0) is 38.3 Å². The molecule has 0 radical (unpaired) electrons. The van der Waals surface area contributed by atoms with E-state index in [4.69, 9.17) is 14.2 Å². The summed E-state index contributed by atoms with van der Waals surface area (Å²) in [6.45, 7) is 7.54. The van der Waals surface area contributed by atoms with Gasteiger partial charge in [-0.15, -0.1) is 0 Å². The van der Waals surface area contributed by atoms with E-state index in [9.17, 15) is 4.79 Å². The lowest BCUT2D eigenvalue weighted by molar-refractivity contribution is -0.0664. The van der Waals surface area contributed by atoms with Gasteiger partial charge in [0.25, 0.3) is 0 Å². The Kier molecular flexibility index (Phi) is 9.28. The molecule has 6 nitrogen and oxygen atoms in total. The van der Waals surface area contributed by atoms with Crippen molar-refractivity contribution >= 4 is 11.8 Å². The molecule has 1 aromatic carbocycles. The highest BCUT2D eigenvalue weighted by molar-refractivity contribution is 5.86. The van der Waals surface area contributed by atoms with Crippen molar-refractivity contribution in [3.63, 3.8) is 0 Å². The van der Waals surface area contributed by atoms with E-state index in [2.05, 4.69) is 17.1 Å². The molecular weight excluding hydrogens is 332 g/mol. The highest BCUT2D eigenvalue weighted by Gasteiger charge is 2.24. The van der Waals surface area contributed by atoms with Crippen LogP contribution in [0.2, 0.25) is 0 Å². The van der Waals surface area contributed by atoms with Crippen molar-refractivity contribution in [2.45, 2.75) is 52.2 Å². The van der Waals surface area contributed by atoms with Crippen LogP contribution in [0.15, 0.2) is 24.3 Å². The van der Waals surface area contributed by atoms with E-state index in [0.717, 1.165) is 38.8 Å². The van der Waals surface area contributed by atoms with E-state index >= 15 is 0 Å². The van der Waals surface area contributed by atoms with Gasteiger partial charge in [0.2, 0.25) is 0 Å². The van der Waals surface area contributed by atoms with Gasteiger partial charge in [0.05, 0.1) is 18.9 Å². The zero-order chi connectivity index (χ0) is 18.6. The zero-order valence-corrected chi connectivity index (χ0v) is 16.0. The summed E-state index contributed by atoms with van der Waals surface area (Å²) in [5.74, 6) is 0.664.